The quantitative estimate of drug-likeness (QED) is 0.816. The molecule has 1 aromatic heterocycles. The van der Waals surface area contributed by atoms with E-state index in [1.54, 1.807) is 13.3 Å². The molecular formula is C17H29ClN4O2. The maximum Gasteiger partial charge on any atom is 0.242 e. The van der Waals surface area contributed by atoms with Crippen LogP contribution in [0, 0.1) is 0 Å². The summed E-state index contributed by atoms with van der Waals surface area (Å²) in [7, 11) is 1.70. The molecule has 1 saturated heterocycles. The first-order chi connectivity index (χ1) is 11.2. The lowest BCUT2D eigenvalue weighted by Gasteiger charge is -2.30. The van der Waals surface area contributed by atoms with Gasteiger partial charge in [0.25, 0.3) is 0 Å². The smallest absolute Gasteiger partial charge is 0.242 e. The van der Waals surface area contributed by atoms with E-state index in [4.69, 9.17) is 4.74 Å². The second-order valence-corrected chi connectivity index (χ2v) is 6.93. The Bertz CT molecular complexity index is 522. The third-order valence-corrected chi connectivity index (χ3v) is 5.14. The van der Waals surface area contributed by atoms with Crippen molar-refractivity contribution in [3.8, 4) is 0 Å². The third kappa shape index (κ3) is 4.49. The van der Waals surface area contributed by atoms with Gasteiger partial charge in [-0.15, -0.1) is 12.4 Å². The number of carbonyl (C=O) groups is 1. The molecule has 2 aliphatic rings. The number of methoxy groups -OCH3 is 1. The van der Waals surface area contributed by atoms with E-state index < -0.39 is 0 Å². The van der Waals surface area contributed by atoms with Gasteiger partial charge in [0.2, 0.25) is 5.91 Å². The zero-order valence-electron chi connectivity index (χ0n) is 14.4. The van der Waals surface area contributed by atoms with E-state index in [1.807, 2.05) is 10.7 Å². The van der Waals surface area contributed by atoms with Gasteiger partial charge in [-0.2, -0.15) is 5.10 Å². The highest BCUT2D eigenvalue weighted by molar-refractivity contribution is 5.85. The normalized spacial score (nSPS) is 22.8. The van der Waals surface area contributed by atoms with Gasteiger partial charge in [-0.3, -0.25) is 9.48 Å². The lowest BCUT2D eigenvalue weighted by atomic mass is 9.96. The molecule has 0 aromatic carbocycles. The van der Waals surface area contributed by atoms with Gasteiger partial charge < -0.3 is 15.4 Å². The minimum atomic E-state index is -0.175. The van der Waals surface area contributed by atoms with Gasteiger partial charge in [-0.25, -0.2) is 0 Å². The maximum absolute atomic E-state index is 12.5. The zero-order valence-corrected chi connectivity index (χ0v) is 15.2. The number of amides is 1. The zero-order chi connectivity index (χ0) is 16.1. The largest absolute Gasteiger partial charge is 0.382 e. The number of hydrogen-bond donors (Lipinski definition) is 2. The van der Waals surface area contributed by atoms with Crippen LogP contribution in [0.5, 0.6) is 0 Å². The van der Waals surface area contributed by atoms with Crippen LogP contribution in [0.15, 0.2) is 12.3 Å². The number of ether oxygens (including phenoxy) is 1. The Morgan fingerprint density at radius 1 is 1.46 bits per heavy atom. The highest BCUT2D eigenvalue weighted by Gasteiger charge is 2.35. The van der Waals surface area contributed by atoms with E-state index in [9.17, 15) is 4.79 Å². The monoisotopic (exact) mass is 356 g/mol. The van der Waals surface area contributed by atoms with E-state index in [0.29, 0.717) is 19.1 Å². The fourth-order valence-electron chi connectivity index (χ4n) is 4.03. The van der Waals surface area contributed by atoms with Gasteiger partial charge in [0.15, 0.2) is 0 Å². The molecule has 1 amide bonds. The van der Waals surface area contributed by atoms with Gasteiger partial charge in [-0.1, -0.05) is 12.8 Å². The second kappa shape index (κ2) is 8.83. The molecule has 2 fully saturated rings. The van der Waals surface area contributed by atoms with Gasteiger partial charge >= 0.3 is 0 Å². The number of piperidine rings is 1. The Morgan fingerprint density at radius 2 is 2.25 bits per heavy atom. The van der Waals surface area contributed by atoms with Crippen LogP contribution in [-0.4, -0.2) is 48.0 Å². The van der Waals surface area contributed by atoms with E-state index in [-0.39, 0.29) is 23.9 Å². The van der Waals surface area contributed by atoms with Crippen molar-refractivity contribution < 1.29 is 9.53 Å². The number of halogens is 1. The Morgan fingerprint density at radius 3 is 2.92 bits per heavy atom. The molecule has 1 aliphatic heterocycles. The first kappa shape index (κ1) is 19.2. The highest BCUT2D eigenvalue weighted by atomic mass is 35.5. The van der Waals surface area contributed by atoms with E-state index in [1.165, 1.54) is 12.1 Å². The number of aromatic nitrogens is 2. The summed E-state index contributed by atoms with van der Waals surface area (Å²) < 4.78 is 7.20. The first-order valence-electron chi connectivity index (χ1n) is 8.75. The van der Waals surface area contributed by atoms with Crippen molar-refractivity contribution in [3.05, 3.63) is 18.0 Å². The molecule has 0 radical (unpaired) electrons. The molecule has 2 heterocycles. The first-order valence-corrected chi connectivity index (χ1v) is 8.75. The summed E-state index contributed by atoms with van der Waals surface area (Å²) in [5.41, 5.74) is 0.991. The molecule has 0 spiro atoms. The van der Waals surface area contributed by atoms with Crippen LogP contribution in [0.3, 0.4) is 0 Å². The standard InChI is InChI=1S/C17H28N4O2.ClH/c1-23-13-17(7-2-3-8-17)20-16(22)12-21-15(6-10-19-21)14-5-4-9-18-11-14;/h6,10,14,18H,2-5,7-9,11-13H2,1H3,(H,20,22);1H. The molecule has 2 N–H and O–H groups in total. The fraction of sp³-hybridized carbons (Fsp3) is 0.765. The van der Waals surface area contributed by atoms with Crippen molar-refractivity contribution in [2.45, 2.75) is 56.5 Å². The molecule has 1 saturated carbocycles. The lowest BCUT2D eigenvalue weighted by Crippen LogP contribution is -2.50. The molecule has 1 aromatic rings. The fourth-order valence-corrected chi connectivity index (χ4v) is 4.03. The second-order valence-electron chi connectivity index (χ2n) is 6.93. The molecule has 3 rings (SSSR count). The van der Waals surface area contributed by atoms with E-state index in [2.05, 4.69) is 15.7 Å². The Labute approximate surface area is 150 Å². The molecule has 7 heteroatoms. The number of hydrogen-bond acceptors (Lipinski definition) is 4. The molecule has 136 valence electrons. The molecule has 1 unspecified atom stereocenters. The Kier molecular flexibility index (Phi) is 7.07. The topological polar surface area (TPSA) is 68.2 Å². The van der Waals surface area contributed by atoms with Crippen LogP contribution in [0.4, 0.5) is 0 Å². The van der Waals surface area contributed by atoms with Gasteiger partial charge in [0, 0.05) is 31.5 Å². The third-order valence-electron chi connectivity index (χ3n) is 5.14. The van der Waals surface area contributed by atoms with E-state index in [0.717, 1.165) is 45.2 Å². The number of carbonyl (C=O) groups excluding carboxylic acids is 1. The molecule has 6 nitrogen and oxygen atoms in total. The predicted octanol–water partition coefficient (Wildman–Crippen LogP) is 1.85. The maximum atomic E-state index is 12.5. The van der Waals surface area contributed by atoms with Crippen molar-refractivity contribution in [2.75, 3.05) is 26.8 Å². The predicted molar refractivity (Wildman–Crippen MR) is 95.5 cm³/mol. The number of nitrogens with zero attached hydrogens (tertiary/aromatic N) is 2. The molecule has 1 atom stereocenters. The van der Waals surface area contributed by atoms with Crippen molar-refractivity contribution in [1.29, 1.82) is 0 Å². The summed E-state index contributed by atoms with van der Waals surface area (Å²) >= 11 is 0. The van der Waals surface area contributed by atoms with Gasteiger partial charge in [-0.05, 0) is 38.3 Å². The van der Waals surface area contributed by atoms with E-state index >= 15 is 0 Å². The summed E-state index contributed by atoms with van der Waals surface area (Å²) in [6.45, 7) is 2.95. The minimum absolute atomic E-state index is 0. The molecule has 0 bridgehead atoms. The average Bonchev–Trinajstić information content (AvgIpc) is 3.18. The Balaban J connectivity index is 0.00000208. The van der Waals surface area contributed by atoms with Crippen molar-refractivity contribution in [2.24, 2.45) is 0 Å². The molecule has 1 aliphatic carbocycles. The summed E-state index contributed by atoms with van der Waals surface area (Å²) in [4.78, 5) is 12.5. The minimum Gasteiger partial charge on any atom is -0.382 e. The van der Waals surface area contributed by atoms with Gasteiger partial charge in [0.05, 0.1) is 12.1 Å². The van der Waals surface area contributed by atoms with Crippen LogP contribution in [0.1, 0.15) is 50.1 Å². The van der Waals surface area contributed by atoms with Crippen LogP contribution in [-0.2, 0) is 16.1 Å². The SMILES string of the molecule is COCC1(NC(=O)Cn2nccc2C2CCCNC2)CCCC1.Cl. The molecular weight excluding hydrogens is 328 g/mol. The average molecular weight is 357 g/mol. The van der Waals surface area contributed by atoms with Crippen LogP contribution in [0.2, 0.25) is 0 Å². The van der Waals surface area contributed by atoms with Crippen LogP contribution in [0.25, 0.3) is 0 Å². The summed E-state index contributed by atoms with van der Waals surface area (Å²) in [6.07, 6.45) is 8.47. The lowest BCUT2D eigenvalue weighted by molar-refractivity contribution is -0.124. The van der Waals surface area contributed by atoms with Crippen molar-refractivity contribution in [3.63, 3.8) is 0 Å². The van der Waals surface area contributed by atoms with Gasteiger partial charge in [0.1, 0.15) is 6.54 Å². The number of rotatable bonds is 6. The summed E-state index contributed by atoms with van der Waals surface area (Å²) in [6, 6.07) is 2.05. The number of nitrogens with one attached hydrogen (secondary N) is 2. The van der Waals surface area contributed by atoms with Crippen molar-refractivity contribution in [1.82, 2.24) is 20.4 Å². The Hall–Kier alpha value is -1.11. The summed E-state index contributed by atoms with van der Waals surface area (Å²) in [5, 5.41) is 11.0. The highest BCUT2D eigenvalue weighted by Crippen LogP contribution is 2.30. The van der Waals surface area contributed by atoms with Crippen molar-refractivity contribution >= 4 is 18.3 Å². The van der Waals surface area contributed by atoms with Crippen LogP contribution >= 0.6 is 12.4 Å². The van der Waals surface area contributed by atoms with Crippen LogP contribution < -0.4 is 10.6 Å². The molecule has 24 heavy (non-hydrogen) atoms. The summed E-state index contributed by atoms with van der Waals surface area (Å²) in [5.74, 6) is 0.496.